The van der Waals surface area contributed by atoms with E-state index in [1.807, 2.05) is 7.05 Å². The number of carbonyl (C=O) groups excluding carboxylic acids is 1. The van der Waals surface area contributed by atoms with Crippen molar-refractivity contribution in [2.24, 2.45) is 11.8 Å². The zero-order valence-electron chi connectivity index (χ0n) is 12.3. The predicted octanol–water partition coefficient (Wildman–Crippen LogP) is 2.99. The lowest BCUT2D eigenvalue weighted by atomic mass is 9.80. The molecule has 1 aliphatic carbocycles. The van der Waals surface area contributed by atoms with E-state index in [0.29, 0.717) is 19.4 Å². The van der Waals surface area contributed by atoms with Gasteiger partial charge in [-0.1, -0.05) is 6.42 Å². The molecule has 1 heterocycles. The van der Waals surface area contributed by atoms with Crippen molar-refractivity contribution in [2.75, 3.05) is 20.1 Å². The predicted molar refractivity (Wildman–Crippen MR) is 77.4 cm³/mol. The van der Waals surface area contributed by atoms with E-state index in [2.05, 4.69) is 5.32 Å². The van der Waals surface area contributed by atoms with Gasteiger partial charge in [0.15, 0.2) is 0 Å². The number of alkyl halides is 3. The van der Waals surface area contributed by atoms with Crippen molar-refractivity contribution >= 4 is 18.3 Å². The monoisotopic (exact) mass is 328 g/mol. The number of hydrogen-bond donors (Lipinski definition) is 1. The highest BCUT2D eigenvalue weighted by Crippen LogP contribution is 2.40. The number of rotatable bonds is 3. The lowest BCUT2D eigenvalue weighted by molar-refractivity contribution is -0.187. The maximum Gasteiger partial charge on any atom is 0.391 e. The molecule has 1 saturated carbocycles. The van der Waals surface area contributed by atoms with Gasteiger partial charge in [-0.3, -0.25) is 4.79 Å². The molecular formula is C14H24ClF3N2O. The van der Waals surface area contributed by atoms with E-state index in [1.54, 1.807) is 4.90 Å². The Morgan fingerprint density at radius 2 is 1.95 bits per heavy atom. The lowest BCUT2D eigenvalue weighted by Crippen LogP contribution is -2.45. The van der Waals surface area contributed by atoms with Crippen molar-refractivity contribution < 1.29 is 18.0 Å². The van der Waals surface area contributed by atoms with Crippen molar-refractivity contribution in [3.8, 4) is 0 Å². The number of likely N-dealkylation sites (N-methyl/N-ethyl adjacent to an activating group) is 1. The normalized spacial score (nSPS) is 30.1. The Morgan fingerprint density at radius 1 is 1.24 bits per heavy atom. The van der Waals surface area contributed by atoms with Gasteiger partial charge in [0.05, 0.1) is 5.92 Å². The van der Waals surface area contributed by atoms with E-state index in [1.165, 1.54) is 0 Å². The molecule has 0 aromatic rings. The molecule has 3 unspecified atom stereocenters. The van der Waals surface area contributed by atoms with Crippen LogP contribution in [0.2, 0.25) is 0 Å². The maximum absolute atomic E-state index is 12.8. The summed E-state index contributed by atoms with van der Waals surface area (Å²) < 4.78 is 38.5. The van der Waals surface area contributed by atoms with Crippen LogP contribution in [-0.4, -0.2) is 43.2 Å². The number of hydrogen-bond acceptors (Lipinski definition) is 2. The number of halogens is 4. The van der Waals surface area contributed by atoms with Gasteiger partial charge in [-0.15, -0.1) is 12.4 Å². The van der Waals surface area contributed by atoms with Crippen LogP contribution in [0.1, 0.15) is 38.5 Å². The number of likely N-dealkylation sites (tertiary alicyclic amines) is 1. The Hall–Kier alpha value is -0.490. The van der Waals surface area contributed by atoms with Crippen LogP contribution in [0.4, 0.5) is 13.2 Å². The molecule has 2 fully saturated rings. The first-order chi connectivity index (χ1) is 9.43. The van der Waals surface area contributed by atoms with Gasteiger partial charge in [-0.25, -0.2) is 0 Å². The van der Waals surface area contributed by atoms with Crippen LogP contribution in [0.25, 0.3) is 0 Å². The fraction of sp³-hybridized carbons (Fsp3) is 0.929. The summed E-state index contributed by atoms with van der Waals surface area (Å²) >= 11 is 0. The summed E-state index contributed by atoms with van der Waals surface area (Å²) in [6.45, 7) is 1.42. The van der Waals surface area contributed by atoms with Crippen molar-refractivity contribution in [3.63, 3.8) is 0 Å². The van der Waals surface area contributed by atoms with Gasteiger partial charge in [-0.05, 0) is 39.2 Å². The second kappa shape index (κ2) is 7.68. The SMILES string of the molecule is CNCC1CCCN1C(=O)C1CCCC(C(F)(F)F)C1.Cl. The fourth-order valence-electron chi connectivity index (χ4n) is 3.52. The highest BCUT2D eigenvalue weighted by Gasteiger charge is 2.45. The maximum atomic E-state index is 12.8. The third-order valence-corrected chi connectivity index (χ3v) is 4.59. The Balaban J connectivity index is 0.00000220. The number of carbonyl (C=O) groups is 1. The molecule has 0 aromatic carbocycles. The number of nitrogens with one attached hydrogen (secondary N) is 1. The van der Waals surface area contributed by atoms with Crippen LogP contribution in [-0.2, 0) is 4.79 Å². The quantitative estimate of drug-likeness (QED) is 0.864. The van der Waals surface area contributed by atoms with Crippen LogP contribution >= 0.6 is 12.4 Å². The van der Waals surface area contributed by atoms with E-state index in [-0.39, 0.29) is 37.2 Å². The molecule has 21 heavy (non-hydrogen) atoms. The Bertz CT molecular complexity index is 352. The molecule has 1 amide bonds. The second-order valence-electron chi connectivity index (χ2n) is 5.99. The van der Waals surface area contributed by atoms with Crippen LogP contribution in [0, 0.1) is 11.8 Å². The molecule has 0 aromatic heterocycles. The Labute approximate surface area is 130 Å². The summed E-state index contributed by atoms with van der Waals surface area (Å²) in [6, 6.07) is 0.152. The number of amides is 1. The standard InChI is InChI=1S/C14H23F3N2O.ClH/c1-18-9-12-6-3-7-19(12)13(20)10-4-2-5-11(8-10)14(15,16)17;/h10-12,18H,2-9H2,1H3;1H. The molecule has 3 nitrogen and oxygen atoms in total. The molecule has 2 rings (SSSR count). The van der Waals surface area contributed by atoms with Gasteiger partial charge in [0.1, 0.15) is 0 Å². The molecule has 1 saturated heterocycles. The van der Waals surface area contributed by atoms with Crippen LogP contribution in [0.5, 0.6) is 0 Å². The minimum Gasteiger partial charge on any atom is -0.338 e. The van der Waals surface area contributed by atoms with Crippen molar-refractivity contribution in [2.45, 2.75) is 50.7 Å². The first kappa shape index (κ1) is 18.6. The van der Waals surface area contributed by atoms with Gasteiger partial charge in [0.25, 0.3) is 0 Å². The van der Waals surface area contributed by atoms with Gasteiger partial charge in [0, 0.05) is 25.0 Å². The van der Waals surface area contributed by atoms with Gasteiger partial charge in [-0.2, -0.15) is 13.2 Å². The van der Waals surface area contributed by atoms with Crippen LogP contribution in [0.3, 0.4) is 0 Å². The molecule has 1 aliphatic heterocycles. The van der Waals surface area contributed by atoms with E-state index in [0.717, 1.165) is 19.4 Å². The first-order valence-corrected chi connectivity index (χ1v) is 7.45. The summed E-state index contributed by atoms with van der Waals surface area (Å²) in [6.07, 6.45) is -0.999. The van der Waals surface area contributed by atoms with Crippen LogP contribution in [0.15, 0.2) is 0 Å². The molecule has 3 atom stereocenters. The van der Waals surface area contributed by atoms with Crippen molar-refractivity contribution in [1.82, 2.24) is 10.2 Å². The fourth-order valence-corrected chi connectivity index (χ4v) is 3.52. The molecule has 2 aliphatic rings. The van der Waals surface area contributed by atoms with Crippen LogP contribution < -0.4 is 5.32 Å². The van der Waals surface area contributed by atoms with E-state index >= 15 is 0 Å². The van der Waals surface area contributed by atoms with Crippen molar-refractivity contribution in [1.29, 1.82) is 0 Å². The molecular weight excluding hydrogens is 305 g/mol. The summed E-state index contributed by atoms with van der Waals surface area (Å²) in [5, 5.41) is 3.06. The van der Waals surface area contributed by atoms with Gasteiger partial charge in [0.2, 0.25) is 5.91 Å². The average Bonchev–Trinajstić information content (AvgIpc) is 2.86. The second-order valence-corrected chi connectivity index (χ2v) is 5.99. The molecule has 0 radical (unpaired) electrons. The van der Waals surface area contributed by atoms with E-state index < -0.39 is 18.0 Å². The largest absolute Gasteiger partial charge is 0.391 e. The molecule has 0 bridgehead atoms. The Morgan fingerprint density at radius 3 is 2.57 bits per heavy atom. The summed E-state index contributed by atoms with van der Waals surface area (Å²) in [5.74, 6) is -1.79. The van der Waals surface area contributed by atoms with Gasteiger partial charge < -0.3 is 10.2 Å². The topological polar surface area (TPSA) is 32.3 Å². The summed E-state index contributed by atoms with van der Waals surface area (Å²) in [7, 11) is 1.83. The molecule has 7 heteroatoms. The van der Waals surface area contributed by atoms with E-state index in [4.69, 9.17) is 0 Å². The highest BCUT2D eigenvalue weighted by molar-refractivity contribution is 5.85. The zero-order valence-corrected chi connectivity index (χ0v) is 13.1. The smallest absolute Gasteiger partial charge is 0.338 e. The molecule has 124 valence electrons. The third-order valence-electron chi connectivity index (χ3n) is 4.59. The van der Waals surface area contributed by atoms with Gasteiger partial charge >= 0.3 is 6.18 Å². The molecule has 1 N–H and O–H groups in total. The minimum absolute atomic E-state index is 0. The first-order valence-electron chi connectivity index (χ1n) is 7.45. The summed E-state index contributed by atoms with van der Waals surface area (Å²) in [5.41, 5.74) is 0. The summed E-state index contributed by atoms with van der Waals surface area (Å²) in [4.78, 5) is 14.3. The lowest BCUT2D eigenvalue weighted by Gasteiger charge is -2.34. The average molecular weight is 329 g/mol. The minimum atomic E-state index is -4.16. The number of nitrogens with zero attached hydrogens (tertiary/aromatic N) is 1. The van der Waals surface area contributed by atoms with Crippen molar-refractivity contribution in [3.05, 3.63) is 0 Å². The molecule has 0 spiro atoms. The zero-order chi connectivity index (χ0) is 14.8. The highest BCUT2D eigenvalue weighted by atomic mass is 35.5. The third kappa shape index (κ3) is 4.49. The Kier molecular flexibility index (Phi) is 6.78. The van der Waals surface area contributed by atoms with E-state index in [9.17, 15) is 18.0 Å².